The average molecular weight is 181 g/mol. The van der Waals surface area contributed by atoms with Gasteiger partial charge in [-0.25, -0.2) is 4.79 Å². The summed E-state index contributed by atoms with van der Waals surface area (Å²) >= 11 is 0. The molecule has 0 aliphatic carbocycles. The highest BCUT2D eigenvalue weighted by Gasteiger charge is 2.05. The van der Waals surface area contributed by atoms with Crippen LogP contribution in [-0.4, -0.2) is 18.2 Å². The Morgan fingerprint density at radius 2 is 2.23 bits per heavy atom. The molecule has 0 saturated carbocycles. The fraction of sp³-hybridized carbons (Fsp3) is 0.222. The van der Waals surface area contributed by atoms with Crippen molar-refractivity contribution in [3.05, 3.63) is 29.3 Å². The average Bonchev–Trinajstić information content (AvgIpc) is 2.03. The van der Waals surface area contributed by atoms with E-state index in [9.17, 15) is 4.79 Å². The number of ether oxygens (including phenoxy) is 1. The minimum Gasteiger partial charge on any atom is -0.478 e. The molecule has 13 heavy (non-hydrogen) atoms. The van der Waals surface area contributed by atoms with E-state index in [1.165, 1.54) is 6.07 Å². The SMILES string of the molecule is COCc1cc(N)cc(C(=O)O)c1. The number of carboxylic acids is 1. The van der Waals surface area contributed by atoms with Crippen molar-refractivity contribution in [3.63, 3.8) is 0 Å². The molecule has 0 heterocycles. The molecule has 3 N–H and O–H groups in total. The van der Waals surface area contributed by atoms with Crippen molar-refractivity contribution in [2.24, 2.45) is 0 Å². The molecule has 0 aromatic heterocycles. The van der Waals surface area contributed by atoms with E-state index >= 15 is 0 Å². The molecule has 0 radical (unpaired) electrons. The smallest absolute Gasteiger partial charge is 0.335 e. The van der Waals surface area contributed by atoms with E-state index in [1.807, 2.05) is 0 Å². The normalized spacial score (nSPS) is 9.92. The number of hydrogen-bond donors (Lipinski definition) is 2. The highest BCUT2D eigenvalue weighted by Crippen LogP contribution is 2.12. The number of anilines is 1. The van der Waals surface area contributed by atoms with Gasteiger partial charge in [-0.15, -0.1) is 0 Å². The van der Waals surface area contributed by atoms with Gasteiger partial charge in [-0.05, 0) is 23.8 Å². The number of nitrogen functional groups attached to an aromatic ring is 1. The topological polar surface area (TPSA) is 72.5 Å². The quantitative estimate of drug-likeness (QED) is 0.685. The van der Waals surface area contributed by atoms with Crippen molar-refractivity contribution in [1.29, 1.82) is 0 Å². The Balaban J connectivity index is 3.03. The molecule has 1 rings (SSSR count). The number of methoxy groups -OCH3 is 1. The zero-order valence-electron chi connectivity index (χ0n) is 7.28. The molecule has 4 nitrogen and oxygen atoms in total. The lowest BCUT2D eigenvalue weighted by molar-refractivity contribution is 0.0696. The summed E-state index contributed by atoms with van der Waals surface area (Å²) in [5.74, 6) is -0.982. The van der Waals surface area contributed by atoms with Crippen molar-refractivity contribution in [2.75, 3.05) is 12.8 Å². The maximum Gasteiger partial charge on any atom is 0.335 e. The van der Waals surface area contributed by atoms with Gasteiger partial charge in [-0.2, -0.15) is 0 Å². The van der Waals surface area contributed by atoms with Crippen LogP contribution in [0.15, 0.2) is 18.2 Å². The second-order valence-electron chi connectivity index (χ2n) is 2.70. The third-order valence-electron chi connectivity index (χ3n) is 1.57. The molecule has 4 heteroatoms. The maximum atomic E-state index is 10.6. The zero-order chi connectivity index (χ0) is 9.84. The number of carboxylic acid groups (broad SMARTS) is 1. The van der Waals surface area contributed by atoms with E-state index in [1.54, 1.807) is 19.2 Å². The van der Waals surface area contributed by atoms with Crippen LogP contribution in [0.1, 0.15) is 15.9 Å². The second kappa shape index (κ2) is 3.91. The van der Waals surface area contributed by atoms with Crippen molar-refractivity contribution < 1.29 is 14.6 Å². The largest absolute Gasteiger partial charge is 0.478 e. The molecule has 0 aliphatic heterocycles. The minimum absolute atomic E-state index is 0.187. The molecule has 0 fully saturated rings. The van der Waals surface area contributed by atoms with Gasteiger partial charge in [0.15, 0.2) is 0 Å². The highest BCUT2D eigenvalue weighted by molar-refractivity contribution is 5.89. The molecule has 0 aliphatic rings. The summed E-state index contributed by atoms with van der Waals surface area (Å²) in [5, 5.41) is 8.71. The molecule has 1 aromatic rings. The Morgan fingerprint density at radius 1 is 1.54 bits per heavy atom. The zero-order valence-corrected chi connectivity index (χ0v) is 7.28. The lowest BCUT2D eigenvalue weighted by Gasteiger charge is -2.03. The Bertz CT molecular complexity index is 323. The van der Waals surface area contributed by atoms with E-state index < -0.39 is 5.97 Å². The summed E-state index contributed by atoms with van der Waals surface area (Å²) in [7, 11) is 1.55. The number of nitrogens with two attached hydrogens (primary N) is 1. The fourth-order valence-electron chi connectivity index (χ4n) is 1.09. The molecule has 0 atom stereocenters. The van der Waals surface area contributed by atoms with Crippen molar-refractivity contribution >= 4 is 11.7 Å². The van der Waals surface area contributed by atoms with Crippen LogP contribution in [0.2, 0.25) is 0 Å². The molecular weight excluding hydrogens is 170 g/mol. The molecule has 0 unspecified atom stereocenters. The van der Waals surface area contributed by atoms with Gasteiger partial charge < -0.3 is 15.6 Å². The van der Waals surface area contributed by atoms with Gasteiger partial charge in [-0.3, -0.25) is 0 Å². The molecule has 0 spiro atoms. The second-order valence-corrected chi connectivity index (χ2v) is 2.70. The monoisotopic (exact) mass is 181 g/mol. The van der Waals surface area contributed by atoms with Crippen LogP contribution in [0, 0.1) is 0 Å². The number of hydrogen-bond acceptors (Lipinski definition) is 3. The first-order valence-corrected chi connectivity index (χ1v) is 3.75. The van der Waals surface area contributed by atoms with E-state index in [0.29, 0.717) is 12.3 Å². The first-order chi connectivity index (χ1) is 6.13. The molecule has 70 valence electrons. The lowest BCUT2D eigenvalue weighted by Crippen LogP contribution is -2.00. The van der Waals surface area contributed by atoms with Crippen LogP contribution in [0.3, 0.4) is 0 Å². The van der Waals surface area contributed by atoms with Gasteiger partial charge in [0.25, 0.3) is 0 Å². The van der Waals surface area contributed by atoms with Gasteiger partial charge in [-0.1, -0.05) is 0 Å². The van der Waals surface area contributed by atoms with Crippen molar-refractivity contribution in [2.45, 2.75) is 6.61 Å². The third-order valence-corrected chi connectivity index (χ3v) is 1.57. The van der Waals surface area contributed by atoms with Crippen molar-refractivity contribution in [3.8, 4) is 0 Å². The summed E-state index contributed by atoms with van der Waals surface area (Å²) in [6, 6.07) is 4.65. The first kappa shape index (κ1) is 9.54. The van der Waals surface area contributed by atoms with Crippen LogP contribution in [0.4, 0.5) is 5.69 Å². The van der Waals surface area contributed by atoms with Crippen LogP contribution in [0.5, 0.6) is 0 Å². The minimum atomic E-state index is -0.982. The molecule has 0 amide bonds. The summed E-state index contributed by atoms with van der Waals surface area (Å²) in [5.41, 5.74) is 6.90. The highest BCUT2D eigenvalue weighted by atomic mass is 16.5. The van der Waals surface area contributed by atoms with Gasteiger partial charge >= 0.3 is 5.97 Å². The predicted molar refractivity (Wildman–Crippen MR) is 48.5 cm³/mol. The Kier molecular flexibility index (Phi) is 2.87. The van der Waals surface area contributed by atoms with Gasteiger partial charge in [0.05, 0.1) is 12.2 Å². The first-order valence-electron chi connectivity index (χ1n) is 3.75. The lowest BCUT2D eigenvalue weighted by atomic mass is 10.1. The van der Waals surface area contributed by atoms with Gasteiger partial charge in [0, 0.05) is 12.8 Å². The standard InChI is InChI=1S/C9H11NO3/c1-13-5-6-2-7(9(11)12)4-8(10)3-6/h2-4H,5,10H2,1H3,(H,11,12). The summed E-state index contributed by atoms with van der Waals surface area (Å²) in [6.45, 7) is 0.366. The summed E-state index contributed by atoms with van der Waals surface area (Å²) < 4.78 is 4.87. The molecule has 0 saturated heterocycles. The van der Waals surface area contributed by atoms with Crippen LogP contribution < -0.4 is 5.73 Å². The Labute approximate surface area is 75.9 Å². The van der Waals surface area contributed by atoms with E-state index in [4.69, 9.17) is 15.6 Å². The molecular formula is C9H11NO3. The van der Waals surface area contributed by atoms with E-state index in [2.05, 4.69) is 0 Å². The number of rotatable bonds is 3. The van der Waals surface area contributed by atoms with Crippen molar-refractivity contribution in [1.82, 2.24) is 0 Å². The Hall–Kier alpha value is -1.55. The fourth-order valence-corrected chi connectivity index (χ4v) is 1.09. The third kappa shape index (κ3) is 2.45. The predicted octanol–water partition coefficient (Wildman–Crippen LogP) is 1.11. The van der Waals surface area contributed by atoms with Gasteiger partial charge in [0.1, 0.15) is 0 Å². The number of aromatic carboxylic acids is 1. The van der Waals surface area contributed by atoms with Crippen LogP contribution in [-0.2, 0) is 11.3 Å². The van der Waals surface area contributed by atoms with E-state index in [0.717, 1.165) is 5.56 Å². The summed E-state index contributed by atoms with van der Waals surface area (Å²) in [4.78, 5) is 10.6. The molecule has 0 bridgehead atoms. The van der Waals surface area contributed by atoms with Crippen LogP contribution >= 0.6 is 0 Å². The Morgan fingerprint density at radius 3 is 2.77 bits per heavy atom. The molecule has 1 aromatic carbocycles. The van der Waals surface area contributed by atoms with E-state index in [-0.39, 0.29) is 5.56 Å². The maximum absolute atomic E-state index is 10.6. The van der Waals surface area contributed by atoms with Gasteiger partial charge in [0.2, 0.25) is 0 Å². The number of carbonyl (C=O) groups is 1. The van der Waals surface area contributed by atoms with Crippen LogP contribution in [0.25, 0.3) is 0 Å². The number of benzene rings is 1. The summed E-state index contributed by atoms with van der Waals surface area (Å²) in [6.07, 6.45) is 0.